The van der Waals surface area contributed by atoms with E-state index in [1.807, 2.05) is 0 Å². The third kappa shape index (κ3) is 7.65. The minimum absolute atomic E-state index is 0.0508. The standard InChI is InChI=1S/C27H28F2N4O6/c1-14(2)39-22-8-15(12-34)7-17(25(22)38-13-23(35)36)11-32-24-20(9-18(28)10-21(24)29)27(37)33-19-5-3-16(4-6-19)26(30)31/h3-10,14,32,34H,11-13H2,1-2H3,(H3,30,31)(H,33,37)(H,35,36). The van der Waals surface area contributed by atoms with Crippen LogP contribution in [0.15, 0.2) is 48.5 Å². The van der Waals surface area contributed by atoms with Crippen molar-refractivity contribution in [3.05, 3.63) is 82.4 Å². The fraction of sp³-hybridized carbons (Fsp3) is 0.222. The molecule has 0 spiro atoms. The number of anilines is 2. The number of hydrogen-bond acceptors (Lipinski definition) is 7. The van der Waals surface area contributed by atoms with Gasteiger partial charge in [0.05, 0.1) is 24.0 Å². The predicted molar refractivity (Wildman–Crippen MR) is 140 cm³/mol. The smallest absolute Gasteiger partial charge is 0.341 e. The number of benzene rings is 3. The van der Waals surface area contributed by atoms with E-state index in [4.69, 9.17) is 25.7 Å². The second-order valence-corrected chi connectivity index (χ2v) is 8.70. The molecule has 3 aromatic rings. The van der Waals surface area contributed by atoms with Gasteiger partial charge in [-0.1, -0.05) is 0 Å². The van der Waals surface area contributed by atoms with Gasteiger partial charge in [0, 0.05) is 29.4 Å². The summed E-state index contributed by atoms with van der Waals surface area (Å²) in [7, 11) is 0. The molecule has 3 rings (SSSR count). The molecule has 10 nitrogen and oxygen atoms in total. The first-order valence-corrected chi connectivity index (χ1v) is 11.7. The Bertz CT molecular complexity index is 1380. The van der Waals surface area contributed by atoms with Gasteiger partial charge in [-0.05, 0) is 61.9 Å². The number of carbonyl (C=O) groups is 2. The van der Waals surface area contributed by atoms with E-state index in [-0.39, 0.29) is 47.8 Å². The van der Waals surface area contributed by atoms with Gasteiger partial charge in [-0.2, -0.15) is 0 Å². The van der Waals surface area contributed by atoms with Crippen LogP contribution in [0.2, 0.25) is 0 Å². The molecule has 39 heavy (non-hydrogen) atoms. The Balaban J connectivity index is 1.95. The fourth-order valence-electron chi connectivity index (χ4n) is 3.63. The van der Waals surface area contributed by atoms with Crippen molar-refractivity contribution in [3.8, 4) is 11.5 Å². The van der Waals surface area contributed by atoms with E-state index in [0.717, 1.165) is 6.07 Å². The van der Waals surface area contributed by atoms with E-state index in [1.165, 1.54) is 36.4 Å². The second-order valence-electron chi connectivity index (χ2n) is 8.70. The molecule has 0 radical (unpaired) electrons. The average molecular weight is 543 g/mol. The Labute approximate surface area is 222 Å². The molecule has 0 fully saturated rings. The lowest BCUT2D eigenvalue weighted by Gasteiger charge is -2.20. The second kappa shape index (κ2) is 12.7. The van der Waals surface area contributed by atoms with Gasteiger partial charge in [0.1, 0.15) is 17.5 Å². The number of carboxylic acids is 1. The normalized spacial score (nSPS) is 10.7. The van der Waals surface area contributed by atoms with Gasteiger partial charge in [0.25, 0.3) is 5.91 Å². The van der Waals surface area contributed by atoms with Crippen LogP contribution in [0.25, 0.3) is 0 Å². The summed E-state index contributed by atoms with van der Waals surface area (Å²) >= 11 is 0. The summed E-state index contributed by atoms with van der Waals surface area (Å²) < 4.78 is 40.2. The molecule has 0 aliphatic carbocycles. The van der Waals surface area contributed by atoms with Crippen molar-refractivity contribution in [3.63, 3.8) is 0 Å². The van der Waals surface area contributed by atoms with Crippen molar-refractivity contribution in [2.75, 3.05) is 17.2 Å². The molecule has 0 bridgehead atoms. The highest BCUT2D eigenvalue weighted by molar-refractivity contribution is 6.08. The molecular formula is C27H28F2N4O6. The Hall–Kier alpha value is -4.71. The average Bonchev–Trinajstić information content (AvgIpc) is 2.86. The lowest BCUT2D eigenvalue weighted by Crippen LogP contribution is -2.18. The molecule has 0 saturated carbocycles. The summed E-state index contributed by atoms with van der Waals surface area (Å²) in [6, 6.07) is 10.5. The van der Waals surface area contributed by atoms with Crippen LogP contribution in [0.5, 0.6) is 11.5 Å². The Morgan fingerprint density at radius 3 is 2.38 bits per heavy atom. The summed E-state index contributed by atoms with van der Waals surface area (Å²) in [6.45, 7) is 2.23. The lowest BCUT2D eigenvalue weighted by molar-refractivity contribution is -0.139. The quantitative estimate of drug-likeness (QED) is 0.148. The Kier molecular flexibility index (Phi) is 9.39. The van der Waals surface area contributed by atoms with Crippen molar-refractivity contribution in [2.24, 2.45) is 5.73 Å². The molecule has 0 atom stereocenters. The van der Waals surface area contributed by atoms with E-state index in [0.29, 0.717) is 28.4 Å². The molecule has 12 heteroatoms. The summed E-state index contributed by atoms with van der Waals surface area (Å²) in [4.78, 5) is 24.1. The molecule has 1 amide bonds. The maximum atomic E-state index is 14.9. The Morgan fingerprint density at radius 2 is 1.79 bits per heavy atom. The number of amidine groups is 1. The summed E-state index contributed by atoms with van der Waals surface area (Å²) in [6.07, 6.45) is -0.318. The number of amides is 1. The van der Waals surface area contributed by atoms with Crippen LogP contribution in [-0.2, 0) is 17.9 Å². The zero-order valence-corrected chi connectivity index (χ0v) is 21.2. The van der Waals surface area contributed by atoms with Gasteiger partial charge in [0.15, 0.2) is 18.1 Å². The molecule has 0 unspecified atom stereocenters. The first-order valence-electron chi connectivity index (χ1n) is 11.7. The number of carboxylic acid groups (broad SMARTS) is 1. The highest BCUT2D eigenvalue weighted by Gasteiger charge is 2.21. The zero-order chi connectivity index (χ0) is 28.7. The van der Waals surface area contributed by atoms with Crippen molar-refractivity contribution in [2.45, 2.75) is 33.1 Å². The molecule has 206 valence electrons. The molecule has 0 aliphatic heterocycles. The number of aliphatic hydroxyl groups is 1. The van der Waals surface area contributed by atoms with E-state index >= 15 is 0 Å². The van der Waals surface area contributed by atoms with Gasteiger partial charge in [0.2, 0.25) is 0 Å². The van der Waals surface area contributed by atoms with Crippen LogP contribution in [0.4, 0.5) is 20.2 Å². The van der Waals surface area contributed by atoms with E-state index in [9.17, 15) is 23.5 Å². The number of ether oxygens (including phenoxy) is 2. The van der Waals surface area contributed by atoms with Crippen LogP contribution in [0.1, 0.15) is 40.9 Å². The summed E-state index contributed by atoms with van der Waals surface area (Å²) in [5.41, 5.74) is 6.22. The van der Waals surface area contributed by atoms with Gasteiger partial charge in [-0.3, -0.25) is 10.2 Å². The van der Waals surface area contributed by atoms with E-state index in [1.54, 1.807) is 13.8 Å². The number of hydrogen-bond donors (Lipinski definition) is 6. The number of nitrogens with two attached hydrogens (primary N) is 1. The number of aliphatic hydroxyl groups excluding tert-OH is 1. The van der Waals surface area contributed by atoms with Crippen molar-refractivity contribution in [1.29, 1.82) is 5.41 Å². The fourth-order valence-corrected chi connectivity index (χ4v) is 3.63. The van der Waals surface area contributed by atoms with Crippen LogP contribution in [-0.4, -0.2) is 40.6 Å². The van der Waals surface area contributed by atoms with Crippen LogP contribution in [0.3, 0.4) is 0 Å². The van der Waals surface area contributed by atoms with Crippen LogP contribution >= 0.6 is 0 Å². The maximum absolute atomic E-state index is 14.9. The van der Waals surface area contributed by atoms with Gasteiger partial charge < -0.3 is 36.1 Å². The Morgan fingerprint density at radius 1 is 1.10 bits per heavy atom. The monoisotopic (exact) mass is 542 g/mol. The van der Waals surface area contributed by atoms with Gasteiger partial charge >= 0.3 is 5.97 Å². The molecule has 7 N–H and O–H groups in total. The van der Waals surface area contributed by atoms with Crippen LogP contribution < -0.4 is 25.8 Å². The van der Waals surface area contributed by atoms with Gasteiger partial charge in [-0.15, -0.1) is 0 Å². The van der Waals surface area contributed by atoms with E-state index < -0.39 is 30.1 Å². The highest BCUT2D eigenvalue weighted by atomic mass is 19.1. The number of nitrogens with one attached hydrogen (secondary N) is 3. The summed E-state index contributed by atoms with van der Waals surface area (Å²) in [5.74, 6) is -4.02. The third-order valence-corrected chi connectivity index (χ3v) is 5.29. The molecule has 0 saturated heterocycles. The molecule has 0 heterocycles. The molecule has 0 aromatic heterocycles. The maximum Gasteiger partial charge on any atom is 0.341 e. The SMILES string of the molecule is CC(C)Oc1cc(CO)cc(CNc2c(F)cc(F)cc2C(=O)Nc2ccc(C(=N)N)cc2)c1OCC(=O)O. The highest BCUT2D eigenvalue weighted by Crippen LogP contribution is 2.35. The molecule has 3 aromatic carbocycles. The van der Waals surface area contributed by atoms with Gasteiger partial charge in [-0.25, -0.2) is 13.6 Å². The topological polar surface area (TPSA) is 167 Å². The minimum Gasteiger partial charge on any atom is -0.487 e. The predicted octanol–water partition coefficient (Wildman–Crippen LogP) is 3.86. The molecule has 0 aliphatic rings. The first kappa shape index (κ1) is 28.9. The van der Waals surface area contributed by atoms with E-state index in [2.05, 4.69) is 10.6 Å². The largest absolute Gasteiger partial charge is 0.487 e. The van der Waals surface area contributed by atoms with Crippen LogP contribution in [0, 0.1) is 17.0 Å². The lowest BCUT2D eigenvalue weighted by atomic mass is 10.1. The number of nitrogen functional groups attached to an aromatic ring is 1. The number of halogens is 2. The third-order valence-electron chi connectivity index (χ3n) is 5.29. The van der Waals surface area contributed by atoms with Crippen molar-refractivity contribution >= 4 is 29.1 Å². The van der Waals surface area contributed by atoms with Crippen molar-refractivity contribution in [1.82, 2.24) is 0 Å². The number of carbonyl (C=O) groups excluding carboxylic acids is 1. The number of rotatable bonds is 12. The number of aliphatic carboxylic acids is 1. The minimum atomic E-state index is -1.24. The summed E-state index contributed by atoms with van der Waals surface area (Å²) in [5, 5.41) is 31.6. The first-order chi connectivity index (χ1) is 18.5. The zero-order valence-electron chi connectivity index (χ0n) is 21.2. The van der Waals surface area contributed by atoms with Crippen molar-refractivity contribution < 1.29 is 38.1 Å². The molecular weight excluding hydrogens is 514 g/mol.